The number of carbonyl (C=O) groups is 3. The second-order valence-corrected chi connectivity index (χ2v) is 8.10. The first-order valence-corrected chi connectivity index (χ1v) is 9.66. The highest BCUT2D eigenvalue weighted by Crippen LogP contribution is 2.61. The highest BCUT2D eigenvalue weighted by Gasteiger charge is 2.63. The second kappa shape index (κ2) is 6.29. The minimum atomic E-state index is -0.443. The van der Waals surface area contributed by atoms with E-state index < -0.39 is 5.91 Å². The van der Waals surface area contributed by atoms with E-state index >= 15 is 0 Å². The van der Waals surface area contributed by atoms with Crippen LogP contribution in [0.5, 0.6) is 0 Å². The van der Waals surface area contributed by atoms with Gasteiger partial charge < -0.3 is 9.84 Å². The van der Waals surface area contributed by atoms with Crippen LogP contribution in [-0.4, -0.2) is 34.3 Å². The lowest BCUT2D eigenvalue weighted by Gasteiger charge is -2.28. The molecule has 2 bridgehead atoms. The van der Waals surface area contributed by atoms with E-state index in [1.165, 1.54) is 5.56 Å². The molecule has 2 heterocycles. The van der Waals surface area contributed by atoms with Crippen molar-refractivity contribution in [2.24, 2.45) is 23.7 Å². The number of hydrogen-bond acceptors (Lipinski definition) is 5. The molecular formula is C21H21N3O4. The van der Waals surface area contributed by atoms with Gasteiger partial charge in [0.1, 0.15) is 12.3 Å². The monoisotopic (exact) mass is 379 g/mol. The van der Waals surface area contributed by atoms with Gasteiger partial charge in [-0.3, -0.25) is 19.3 Å². The number of fused-ring (bicyclic) bond motifs is 5. The summed E-state index contributed by atoms with van der Waals surface area (Å²) in [5.41, 5.74) is 1.24. The molecule has 144 valence electrons. The number of hydrogen-bond donors (Lipinski definition) is 1. The fourth-order valence-electron chi connectivity index (χ4n) is 5.51. The minimum absolute atomic E-state index is 0.181. The van der Waals surface area contributed by atoms with Crippen molar-refractivity contribution in [2.45, 2.75) is 25.7 Å². The molecular weight excluding hydrogens is 358 g/mol. The Labute approximate surface area is 162 Å². The third-order valence-electron chi connectivity index (χ3n) is 6.53. The van der Waals surface area contributed by atoms with Crippen LogP contribution >= 0.6 is 0 Å². The van der Waals surface area contributed by atoms with E-state index in [1.807, 2.05) is 18.2 Å². The van der Waals surface area contributed by atoms with Gasteiger partial charge in [-0.15, -0.1) is 0 Å². The molecule has 0 unspecified atom stereocenters. The molecule has 1 aromatic carbocycles. The van der Waals surface area contributed by atoms with Gasteiger partial charge in [0, 0.05) is 6.07 Å². The molecule has 7 nitrogen and oxygen atoms in total. The Morgan fingerprint density at radius 3 is 2.64 bits per heavy atom. The standard InChI is InChI=1S/C21H21N3O4/c1-11-7-16(23-28-11)22-17(25)10-24-20(26)18-13-8-14(12-5-3-2-4-6-12)15(9-13)19(18)21(24)27/h2-7,13-15,18-19H,8-10H2,1H3,(H,22,23,25)/t13-,14+,15+,18+,19+/m0/s1. The predicted octanol–water partition coefficient (Wildman–Crippen LogP) is 2.35. The van der Waals surface area contributed by atoms with Crippen LogP contribution in [0.3, 0.4) is 0 Å². The number of aromatic nitrogens is 1. The van der Waals surface area contributed by atoms with Crippen LogP contribution in [0.25, 0.3) is 0 Å². The maximum Gasteiger partial charge on any atom is 0.245 e. The summed E-state index contributed by atoms with van der Waals surface area (Å²) < 4.78 is 4.92. The molecule has 7 heteroatoms. The van der Waals surface area contributed by atoms with Crippen molar-refractivity contribution in [1.29, 1.82) is 0 Å². The first-order valence-electron chi connectivity index (χ1n) is 9.66. The molecule has 1 N–H and O–H groups in total. The van der Waals surface area contributed by atoms with Crippen molar-refractivity contribution < 1.29 is 18.9 Å². The van der Waals surface area contributed by atoms with Crippen LogP contribution in [0, 0.1) is 30.6 Å². The van der Waals surface area contributed by atoms with E-state index in [1.54, 1.807) is 13.0 Å². The molecule has 1 saturated heterocycles. The number of nitrogens with one attached hydrogen (secondary N) is 1. The average molecular weight is 379 g/mol. The molecule has 2 aliphatic carbocycles. The number of imide groups is 1. The second-order valence-electron chi connectivity index (χ2n) is 8.10. The number of anilines is 1. The Balaban J connectivity index is 1.32. The van der Waals surface area contributed by atoms with Crippen LogP contribution < -0.4 is 5.32 Å². The molecule has 1 aliphatic heterocycles. The summed E-state index contributed by atoms with van der Waals surface area (Å²) in [5.74, 6) is 0.182. The number of carbonyl (C=O) groups excluding carboxylic acids is 3. The highest BCUT2D eigenvalue weighted by molar-refractivity contribution is 6.09. The molecule has 3 amide bonds. The zero-order chi connectivity index (χ0) is 19.4. The molecule has 3 aliphatic rings. The van der Waals surface area contributed by atoms with Crippen molar-refractivity contribution in [3.63, 3.8) is 0 Å². The normalized spacial score (nSPS) is 30.8. The quantitative estimate of drug-likeness (QED) is 0.823. The minimum Gasteiger partial charge on any atom is -0.360 e. The van der Waals surface area contributed by atoms with E-state index in [-0.39, 0.29) is 47.8 Å². The van der Waals surface area contributed by atoms with Gasteiger partial charge in [0.05, 0.1) is 11.8 Å². The van der Waals surface area contributed by atoms with Gasteiger partial charge in [0.2, 0.25) is 17.7 Å². The number of likely N-dealkylation sites (tertiary alicyclic amines) is 1. The number of benzene rings is 1. The first-order chi connectivity index (χ1) is 13.5. The third-order valence-corrected chi connectivity index (χ3v) is 6.53. The van der Waals surface area contributed by atoms with Gasteiger partial charge in [0.15, 0.2) is 5.82 Å². The van der Waals surface area contributed by atoms with E-state index in [4.69, 9.17) is 4.52 Å². The lowest BCUT2D eigenvalue weighted by atomic mass is 9.73. The van der Waals surface area contributed by atoms with Gasteiger partial charge in [-0.2, -0.15) is 0 Å². The first kappa shape index (κ1) is 17.2. The lowest BCUT2D eigenvalue weighted by molar-refractivity contribution is -0.143. The smallest absolute Gasteiger partial charge is 0.245 e. The van der Waals surface area contributed by atoms with Crippen LogP contribution in [0.15, 0.2) is 40.9 Å². The number of amides is 3. The van der Waals surface area contributed by atoms with Crippen LogP contribution in [-0.2, 0) is 14.4 Å². The van der Waals surface area contributed by atoms with Gasteiger partial charge in [-0.25, -0.2) is 0 Å². The van der Waals surface area contributed by atoms with E-state index in [0.717, 1.165) is 17.7 Å². The molecule has 2 aromatic rings. The molecule has 5 rings (SSSR count). The number of rotatable bonds is 4. The van der Waals surface area contributed by atoms with Crippen molar-refractivity contribution in [1.82, 2.24) is 10.1 Å². The van der Waals surface area contributed by atoms with Crippen molar-refractivity contribution in [2.75, 3.05) is 11.9 Å². The van der Waals surface area contributed by atoms with Crippen molar-refractivity contribution in [3.05, 3.63) is 47.7 Å². The third kappa shape index (κ3) is 2.57. The molecule has 28 heavy (non-hydrogen) atoms. The Hall–Kier alpha value is -2.96. The summed E-state index contributed by atoms with van der Waals surface area (Å²) in [6.07, 6.45) is 1.86. The van der Waals surface area contributed by atoms with Gasteiger partial charge in [0.25, 0.3) is 0 Å². The number of nitrogens with zero attached hydrogens (tertiary/aromatic N) is 2. The molecule has 0 spiro atoms. The zero-order valence-electron chi connectivity index (χ0n) is 15.5. The molecule has 3 fully saturated rings. The molecule has 2 saturated carbocycles. The van der Waals surface area contributed by atoms with Gasteiger partial charge >= 0.3 is 0 Å². The molecule has 5 atom stereocenters. The average Bonchev–Trinajstić information content (AvgIpc) is 3.43. The van der Waals surface area contributed by atoms with Crippen molar-refractivity contribution in [3.8, 4) is 0 Å². The van der Waals surface area contributed by atoms with E-state index in [9.17, 15) is 14.4 Å². The molecule has 1 aromatic heterocycles. The SMILES string of the molecule is Cc1cc(NC(=O)CN2C(=O)[C@@H]3[C@@H]4C[C@@H]([C@H]3C2=O)[C@@H](c2ccccc2)C4)no1. The Bertz CT molecular complexity index is 954. The maximum absolute atomic E-state index is 13.0. The van der Waals surface area contributed by atoms with Gasteiger partial charge in [-0.1, -0.05) is 35.5 Å². The summed E-state index contributed by atoms with van der Waals surface area (Å²) in [6.45, 7) is 1.45. The van der Waals surface area contributed by atoms with Crippen LogP contribution in [0.1, 0.15) is 30.1 Å². The topological polar surface area (TPSA) is 92.5 Å². The van der Waals surface area contributed by atoms with E-state index in [2.05, 4.69) is 22.6 Å². The maximum atomic E-state index is 13.0. The van der Waals surface area contributed by atoms with E-state index in [0.29, 0.717) is 11.7 Å². The highest BCUT2D eigenvalue weighted by atomic mass is 16.5. The van der Waals surface area contributed by atoms with Crippen molar-refractivity contribution >= 4 is 23.5 Å². The Morgan fingerprint density at radius 1 is 1.18 bits per heavy atom. The number of aryl methyl sites for hydroxylation is 1. The Morgan fingerprint density at radius 2 is 1.93 bits per heavy atom. The lowest BCUT2D eigenvalue weighted by Crippen LogP contribution is -2.39. The fraction of sp³-hybridized carbons (Fsp3) is 0.429. The summed E-state index contributed by atoms with van der Waals surface area (Å²) >= 11 is 0. The van der Waals surface area contributed by atoms with Crippen LogP contribution in [0.2, 0.25) is 0 Å². The summed E-state index contributed by atoms with van der Waals surface area (Å²) in [4.78, 5) is 39.4. The largest absolute Gasteiger partial charge is 0.360 e. The zero-order valence-corrected chi connectivity index (χ0v) is 15.5. The predicted molar refractivity (Wildman–Crippen MR) is 99.0 cm³/mol. The summed E-state index contributed by atoms with van der Waals surface area (Å²) in [6, 6.07) is 11.8. The summed E-state index contributed by atoms with van der Waals surface area (Å²) in [7, 11) is 0. The van der Waals surface area contributed by atoms with Crippen LogP contribution in [0.4, 0.5) is 5.82 Å². The Kier molecular flexibility index (Phi) is 3.86. The summed E-state index contributed by atoms with van der Waals surface area (Å²) in [5, 5.41) is 6.29. The molecule has 0 radical (unpaired) electrons. The fourth-order valence-corrected chi connectivity index (χ4v) is 5.51. The van der Waals surface area contributed by atoms with Gasteiger partial charge in [-0.05, 0) is 43.1 Å².